The summed E-state index contributed by atoms with van der Waals surface area (Å²) >= 11 is 0. The monoisotopic (exact) mass is 292 g/mol. The van der Waals surface area contributed by atoms with E-state index in [1.165, 1.54) is 12.8 Å². The molecule has 0 unspecified atom stereocenters. The standard InChI is InChI=1S/C15H24N4O2/c1-2-14(7-3-4-8-14)12-16-17-18-19(12)11-15(13(20)21)9-5-6-10-15/h2-11H2,1H3,(H,20,21). The number of aliphatic carboxylic acids is 1. The van der Waals surface area contributed by atoms with E-state index in [0.29, 0.717) is 6.54 Å². The molecule has 2 aliphatic carbocycles. The second kappa shape index (κ2) is 5.39. The number of aromatic nitrogens is 4. The third kappa shape index (κ3) is 2.34. The summed E-state index contributed by atoms with van der Waals surface area (Å²) in [6.07, 6.45) is 9.13. The number of carboxylic acids is 1. The number of rotatable bonds is 5. The van der Waals surface area contributed by atoms with Gasteiger partial charge in [0, 0.05) is 5.41 Å². The van der Waals surface area contributed by atoms with Gasteiger partial charge in [-0.25, -0.2) is 4.68 Å². The highest BCUT2D eigenvalue weighted by Crippen LogP contribution is 2.44. The smallest absolute Gasteiger partial charge is 0.311 e. The van der Waals surface area contributed by atoms with E-state index in [1.807, 2.05) is 0 Å². The quantitative estimate of drug-likeness (QED) is 0.902. The fourth-order valence-electron chi connectivity index (χ4n) is 4.26. The number of carboxylic acid groups (broad SMARTS) is 1. The van der Waals surface area contributed by atoms with Gasteiger partial charge in [-0.15, -0.1) is 5.10 Å². The lowest BCUT2D eigenvalue weighted by atomic mass is 9.81. The van der Waals surface area contributed by atoms with Crippen molar-refractivity contribution in [1.29, 1.82) is 0 Å². The van der Waals surface area contributed by atoms with Gasteiger partial charge in [-0.2, -0.15) is 0 Å². The fraction of sp³-hybridized carbons (Fsp3) is 0.867. The van der Waals surface area contributed by atoms with Crippen molar-refractivity contribution in [3.63, 3.8) is 0 Å². The third-order valence-corrected chi connectivity index (χ3v) is 5.71. The molecule has 1 N–H and O–H groups in total. The fourth-order valence-corrected chi connectivity index (χ4v) is 4.26. The largest absolute Gasteiger partial charge is 0.481 e. The second-order valence-corrected chi connectivity index (χ2v) is 6.79. The number of hydrogen-bond acceptors (Lipinski definition) is 4. The Hall–Kier alpha value is -1.46. The zero-order chi connectivity index (χ0) is 14.9. The van der Waals surface area contributed by atoms with Crippen molar-refractivity contribution in [3.05, 3.63) is 5.82 Å². The average molecular weight is 292 g/mol. The van der Waals surface area contributed by atoms with Crippen molar-refractivity contribution >= 4 is 5.97 Å². The molecule has 3 rings (SSSR count). The normalized spacial score (nSPS) is 23.5. The maximum absolute atomic E-state index is 11.7. The molecule has 6 heteroatoms. The summed E-state index contributed by atoms with van der Waals surface area (Å²) in [5.41, 5.74) is -0.612. The minimum atomic E-state index is -0.696. The topological polar surface area (TPSA) is 80.9 Å². The molecule has 2 aliphatic rings. The van der Waals surface area contributed by atoms with E-state index in [2.05, 4.69) is 22.4 Å². The van der Waals surface area contributed by atoms with Crippen LogP contribution >= 0.6 is 0 Å². The Bertz CT molecular complexity index is 513. The van der Waals surface area contributed by atoms with Gasteiger partial charge in [-0.3, -0.25) is 4.79 Å². The predicted octanol–water partition coefficient (Wildman–Crippen LogP) is 2.54. The van der Waals surface area contributed by atoms with Gasteiger partial charge >= 0.3 is 5.97 Å². The lowest BCUT2D eigenvalue weighted by Gasteiger charge is -2.29. The van der Waals surface area contributed by atoms with E-state index in [4.69, 9.17) is 0 Å². The van der Waals surface area contributed by atoms with E-state index < -0.39 is 11.4 Å². The zero-order valence-electron chi connectivity index (χ0n) is 12.7. The van der Waals surface area contributed by atoms with E-state index in [0.717, 1.165) is 50.8 Å². The first kappa shape index (κ1) is 14.5. The maximum atomic E-state index is 11.7. The Morgan fingerprint density at radius 1 is 1.19 bits per heavy atom. The van der Waals surface area contributed by atoms with Crippen LogP contribution in [0, 0.1) is 5.41 Å². The molecule has 0 saturated heterocycles. The summed E-state index contributed by atoms with van der Waals surface area (Å²) in [6, 6.07) is 0. The van der Waals surface area contributed by atoms with E-state index in [1.54, 1.807) is 4.68 Å². The first-order valence-corrected chi connectivity index (χ1v) is 8.12. The minimum absolute atomic E-state index is 0.0573. The number of carbonyl (C=O) groups is 1. The van der Waals surface area contributed by atoms with Crippen molar-refractivity contribution < 1.29 is 9.90 Å². The minimum Gasteiger partial charge on any atom is -0.481 e. The molecule has 0 bridgehead atoms. The van der Waals surface area contributed by atoms with Crippen LogP contribution < -0.4 is 0 Å². The van der Waals surface area contributed by atoms with Crippen LogP contribution in [-0.4, -0.2) is 31.3 Å². The molecule has 0 aromatic carbocycles. The molecule has 0 amide bonds. The Morgan fingerprint density at radius 2 is 1.81 bits per heavy atom. The SMILES string of the molecule is CCC1(c2nnnn2CC2(C(=O)O)CCCC2)CCCC1. The highest BCUT2D eigenvalue weighted by atomic mass is 16.4. The molecule has 0 radical (unpaired) electrons. The molecule has 0 atom stereocenters. The molecular formula is C15H24N4O2. The summed E-state index contributed by atoms with van der Waals surface area (Å²) in [4.78, 5) is 11.7. The summed E-state index contributed by atoms with van der Waals surface area (Å²) in [5.74, 6) is 0.216. The Kier molecular flexibility index (Phi) is 3.71. The van der Waals surface area contributed by atoms with Crippen LogP contribution in [0.1, 0.15) is 70.5 Å². The first-order chi connectivity index (χ1) is 10.1. The lowest BCUT2D eigenvalue weighted by Crippen LogP contribution is -2.36. The lowest BCUT2D eigenvalue weighted by molar-refractivity contribution is -0.149. The van der Waals surface area contributed by atoms with Gasteiger partial charge in [0.05, 0.1) is 12.0 Å². The highest BCUT2D eigenvalue weighted by molar-refractivity contribution is 5.74. The van der Waals surface area contributed by atoms with Crippen LogP contribution in [-0.2, 0) is 16.8 Å². The molecule has 1 aromatic heterocycles. The number of nitrogens with zero attached hydrogens (tertiary/aromatic N) is 4. The maximum Gasteiger partial charge on any atom is 0.311 e. The molecule has 21 heavy (non-hydrogen) atoms. The molecule has 2 saturated carbocycles. The first-order valence-electron chi connectivity index (χ1n) is 8.12. The predicted molar refractivity (Wildman–Crippen MR) is 76.8 cm³/mol. The molecule has 0 spiro atoms. The molecule has 116 valence electrons. The van der Waals surface area contributed by atoms with Crippen LogP contribution in [0.2, 0.25) is 0 Å². The summed E-state index contributed by atoms with van der Waals surface area (Å²) < 4.78 is 1.80. The van der Waals surface area contributed by atoms with Gasteiger partial charge in [-0.05, 0) is 42.5 Å². The van der Waals surface area contributed by atoms with Gasteiger partial charge < -0.3 is 5.11 Å². The summed E-state index contributed by atoms with van der Waals surface area (Å²) in [7, 11) is 0. The van der Waals surface area contributed by atoms with E-state index >= 15 is 0 Å². The Labute approximate surface area is 124 Å². The molecule has 1 heterocycles. The Morgan fingerprint density at radius 3 is 2.38 bits per heavy atom. The zero-order valence-corrected chi connectivity index (χ0v) is 12.7. The average Bonchev–Trinajstić information content (AvgIpc) is 3.19. The molecule has 0 aliphatic heterocycles. The van der Waals surface area contributed by atoms with Gasteiger partial charge in [0.15, 0.2) is 5.82 Å². The van der Waals surface area contributed by atoms with Crippen molar-refractivity contribution in [2.75, 3.05) is 0 Å². The highest BCUT2D eigenvalue weighted by Gasteiger charge is 2.45. The van der Waals surface area contributed by atoms with Crippen LogP contribution in [0.3, 0.4) is 0 Å². The summed E-state index contributed by atoms with van der Waals surface area (Å²) in [5, 5.41) is 21.9. The van der Waals surface area contributed by atoms with Gasteiger partial charge in [0.2, 0.25) is 0 Å². The van der Waals surface area contributed by atoms with Crippen molar-refractivity contribution in [2.24, 2.45) is 5.41 Å². The second-order valence-electron chi connectivity index (χ2n) is 6.79. The third-order valence-electron chi connectivity index (χ3n) is 5.71. The van der Waals surface area contributed by atoms with Crippen molar-refractivity contribution in [3.8, 4) is 0 Å². The van der Waals surface area contributed by atoms with E-state index in [9.17, 15) is 9.90 Å². The number of tetrazole rings is 1. The van der Waals surface area contributed by atoms with Crippen molar-refractivity contribution in [1.82, 2.24) is 20.2 Å². The van der Waals surface area contributed by atoms with Crippen LogP contribution in [0.15, 0.2) is 0 Å². The van der Waals surface area contributed by atoms with Crippen LogP contribution in [0.25, 0.3) is 0 Å². The molecule has 1 aromatic rings. The van der Waals surface area contributed by atoms with Gasteiger partial charge in [0.1, 0.15) is 0 Å². The molecule has 2 fully saturated rings. The Balaban J connectivity index is 1.90. The van der Waals surface area contributed by atoms with Gasteiger partial charge in [0.25, 0.3) is 0 Å². The molecule has 6 nitrogen and oxygen atoms in total. The van der Waals surface area contributed by atoms with Crippen molar-refractivity contribution in [2.45, 2.75) is 76.7 Å². The number of hydrogen-bond donors (Lipinski definition) is 1. The van der Waals surface area contributed by atoms with Gasteiger partial charge in [-0.1, -0.05) is 32.6 Å². The van der Waals surface area contributed by atoms with Crippen LogP contribution in [0.4, 0.5) is 0 Å². The molecular weight excluding hydrogens is 268 g/mol. The van der Waals surface area contributed by atoms with E-state index in [-0.39, 0.29) is 5.41 Å². The van der Waals surface area contributed by atoms with Crippen LogP contribution in [0.5, 0.6) is 0 Å². The summed E-state index contributed by atoms with van der Waals surface area (Å²) in [6.45, 7) is 2.61.